The third kappa shape index (κ3) is 12.1. The lowest BCUT2D eigenvalue weighted by Crippen LogP contribution is -2.21. The second-order valence-corrected chi connectivity index (χ2v) is 4.05. The first-order valence-electron chi connectivity index (χ1n) is 3.97. The zero-order chi connectivity index (χ0) is 10.3. The van der Waals surface area contributed by atoms with Crippen LogP contribution in [0.4, 0.5) is 13.2 Å². The number of rotatable bonds is 6. The largest absolute Gasteiger partial charge is 0.441 e. The molecule has 80 valence electrons. The van der Waals surface area contributed by atoms with Crippen molar-refractivity contribution in [3.8, 4) is 0 Å². The molecule has 1 N–H and O–H groups in total. The van der Waals surface area contributed by atoms with E-state index in [-0.39, 0.29) is 24.1 Å². The SMILES string of the molecule is CC(C)CONCCSC(F)(F)F. The van der Waals surface area contributed by atoms with Gasteiger partial charge in [-0.25, -0.2) is 5.48 Å². The summed E-state index contributed by atoms with van der Waals surface area (Å²) in [6.07, 6.45) is 0. The van der Waals surface area contributed by atoms with Crippen molar-refractivity contribution < 1.29 is 18.0 Å². The molecule has 0 aliphatic rings. The maximum absolute atomic E-state index is 11.6. The summed E-state index contributed by atoms with van der Waals surface area (Å²) in [5, 5.41) is 0. The van der Waals surface area contributed by atoms with Crippen molar-refractivity contribution in [1.29, 1.82) is 0 Å². The molecule has 0 atom stereocenters. The van der Waals surface area contributed by atoms with E-state index in [4.69, 9.17) is 4.84 Å². The minimum absolute atomic E-state index is 0.0262. The molecule has 13 heavy (non-hydrogen) atoms. The molecule has 0 aliphatic heterocycles. The minimum Gasteiger partial charge on any atom is -0.302 e. The van der Waals surface area contributed by atoms with Gasteiger partial charge in [0.15, 0.2) is 0 Å². The fourth-order valence-corrected chi connectivity index (χ4v) is 0.923. The Bertz CT molecular complexity index is 129. The van der Waals surface area contributed by atoms with Gasteiger partial charge in [-0.2, -0.15) is 13.2 Å². The van der Waals surface area contributed by atoms with Crippen LogP contribution in [0.25, 0.3) is 0 Å². The molecule has 0 aromatic carbocycles. The average molecular weight is 217 g/mol. The van der Waals surface area contributed by atoms with Gasteiger partial charge in [-0.15, -0.1) is 0 Å². The van der Waals surface area contributed by atoms with Crippen LogP contribution in [0, 0.1) is 5.92 Å². The Hall–Kier alpha value is 0.0600. The molecule has 2 nitrogen and oxygen atoms in total. The average Bonchev–Trinajstić information content (AvgIpc) is 1.93. The molecule has 0 radical (unpaired) electrons. The van der Waals surface area contributed by atoms with E-state index in [1.807, 2.05) is 13.8 Å². The molecular formula is C7H14F3NOS. The van der Waals surface area contributed by atoms with Crippen LogP contribution in [0.2, 0.25) is 0 Å². The molecule has 0 aromatic heterocycles. The third-order valence-corrected chi connectivity index (χ3v) is 1.72. The summed E-state index contributed by atoms with van der Waals surface area (Å²) in [5.74, 6) is 0.351. The van der Waals surface area contributed by atoms with Crippen molar-refractivity contribution in [3.05, 3.63) is 0 Å². The van der Waals surface area contributed by atoms with Crippen LogP contribution in [0.1, 0.15) is 13.8 Å². The number of alkyl halides is 3. The van der Waals surface area contributed by atoms with Crippen molar-refractivity contribution in [2.45, 2.75) is 19.4 Å². The van der Waals surface area contributed by atoms with Gasteiger partial charge in [0, 0.05) is 12.3 Å². The fraction of sp³-hybridized carbons (Fsp3) is 1.00. The number of hydrogen-bond acceptors (Lipinski definition) is 3. The third-order valence-electron chi connectivity index (χ3n) is 0.989. The molecule has 0 amide bonds. The summed E-state index contributed by atoms with van der Waals surface area (Å²) in [4.78, 5) is 4.88. The number of halogens is 3. The quantitative estimate of drug-likeness (QED) is 0.545. The van der Waals surface area contributed by atoms with E-state index < -0.39 is 5.51 Å². The van der Waals surface area contributed by atoms with E-state index in [2.05, 4.69) is 5.48 Å². The predicted molar refractivity (Wildman–Crippen MR) is 47.3 cm³/mol. The molecule has 0 saturated heterocycles. The van der Waals surface area contributed by atoms with E-state index in [1.54, 1.807) is 0 Å². The standard InChI is InChI=1S/C7H14F3NOS/c1-6(2)5-12-11-3-4-13-7(8,9)10/h6,11H,3-5H2,1-2H3. The van der Waals surface area contributed by atoms with Crippen LogP contribution in [0.3, 0.4) is 0 Å². The van der Waals surface area contributed by atoms with E-state index >= 15 is 0 Å². The van der Waals surface area contributed by atoms with Crippen LogP contribution in [-0.4, -0.2) is 24.4 Å². The second-order valence-electron chi connectivity index (χ2n) is 2.89. The maximum atomic E-state index is 11.6. The topological polar surface area (TPSA) is 21.3 Å². The summed E-state index contributed by atoms with van der Waals surface area (Å²) in [7, 11) is 0. The van der Waals surface area contributed by atoms with E-state index in [9.17, 15) is 13.2 Å². The van der Waals surface area contributed by atoms with Crippen molar-refractivity contribution in [2.75, 3.05) is 18.9 Å². The summed E-state index contributed by atoms with van der Waals surface area (Å²) in [5.41, 5.74) is -1.67. The van der Waals surface area contributed by atoms with E-state index in [0.717, 1.165) is 0 Å². The maximum Gasteiger partial charge on any atom is 0.441 e. The second kappa shape index (κ2) is 6.50. The molecule has 6 heteroatoms. The molecule has 0 saturated carbocycles. The Labute approximate surface area is 80.2 Å². The summed E-state index contributed by atoms with van der Waals surface area (Å²) >= 11 is -0.0501. The van der Waals surface area contributed by atoms with Crippen LogP contribution < -0.4 is 5.48 Å². The number of nitrogens with one attached hydrogen (secondary N) is 1. The van der Waals surface area contributed by atoms with E-state index in [0.29, 0.717) is 12.5 Å². The zero-order valence-corrected chi connectivity index (χ0v) is 8.47. The Morgan fingerprint density at radius 1 is 1.38 bits per heavy atom. The zero-order valence-electron chi connectivity index (χ0n) is 7.65. The van der Waals surface area contributed by atoms with Crippen LogP contribution in [0.5, 0.6) is 0 Å². The highest BCUT2D eigenvalue weighted by molar-refractivity contribution is 8.00. The van der Waals surface area contributed by atoms with E-state index in [1.165, 1.54) is 0 Å². The first-order valence-corrected chi connectivity index (χ1v) is 4.95. The molecule has 0 rings (SSSR count). The van der Waals surface area contributed by atoms with Crippen molar-refractivity contribution in [3.63, 3.8) is 0 Å². The van der Waals surface area contributed by atoms with Gasteiger partial charge in [-0.3, -0.25) is 0 Å². The Morgan fingerprint density at radius 2 is 2.00 bits per heavy atom. The predicted octanol–water partition coefficient (Wildman–Crippen LogP) is 2.42. The first kappa shape index (κ1) is 13.1. The molecule has 0 spiro atoms. The number of hydrogen-bond donors (Lipinski definition) is 1. The lowest BCUT2D eigenvalue weighted by Gasteiger charge is -2.08. The molecule has 0 bridgehead atoms. The molecule has 0 aliphatic carbocycles. The lowest BCUT2D eigenvalue weighted by molar-refractivity contribution is -0.0330. The van der Waals surface area contributed by atoms with Gasteiger partial charge in [-0.05, 0) is 17.7 Å². The van der Waals surface area contributed by atoms with Crippen LogP contribution >= 0.6 is 11.8 Å². The Morgan fingerprint density at radius 3 is 2.46 bits per heavy atom. The van der Waals surface area contributed by atoms with Gasteiger partial charge in [0.25, 0.3) is 0 Å². The molecule has 0 unspecified atom stereocenters. The van der Waals surface area contributed by atoms with Crippen LogP contribution in [0.15, 0.2) is 0 Å². The molecule has 0 heterocycles. The monoisotopic (exact) mass is 217 g/mol. The fourth-order valence-electron chi connectivity index (χ4n) is 0.506. The van der Waals surface area contributed by atoms with Gasteiger partial charge < -0.3 is 4.84 Å². The van der Waals surface area contributed by atoms with Gasteiger partial charge in [0.1, 0.15) is 0 Å². The molecule has 0 fully saturated rings. The van der Waals surface area contributed by atoms with Gasteiger partial charge in [0.05, 0.1) is 6.61 Å². The normalized spacial score (nSPS) is 12.5. The highest BCUT2D eigenvalue weighted by atomic mass is 32.2. The summed E-state index contributed by atoms with van der Waals surface area (Å²) in [6, 6.07) is 0. The van der Waals surface area contributed by atoms with Gasteiger partial charge in [0.2, 0.25) is 0 Å². The highest BCUT2D eigenvalue weighted by Gasteiger charge is 2.27. The highest BCUT2D eigenvalue weighted by Crippen LogP contribution is 2.29. The lowest BCUT2D eigenvalue weighted by atomic mass is 10.2. The van der Waals surface area contributed by atoms with Gasteiger partial charge in [-0.1, -0.05) is 13.8 Å². The molecule has 0 aromatic rings. The number of thioether (sulfide) groups is 1. The smallest absolute Gasteiger partial charge is 0.302 e. The van der Waals surface area contributed by atoms with Gasteiger partial charge >= 0.3 is 5.51 Å². The van der Waals surface area contributed by atoms with Crippen molar-refractivity contribution in [1.82, 2.24) is 5.48 Å². The van der Waals surface area contributed by atoms with Crippen molar-refractivity contribution in [2.24, 2.45) is 5.92 Å². The Balaban J connectivity index is 3.09. The summed E-state index contributed by atoms with van der Waals surface area (Å²) in [6.45, 7) is 4.64. The molecular weight excluding hydrogens is 203 g/mol. The van der Waals surface area contributed by atoms with Crippen LogP contribution in [-0.2, 0) is 4.84 Å². The minimum atomic E-state index is -4.14. The summed E-state index contributed by atoms with van der Waals surface area (Å²) < 4.78 is 34.8. The Kier molecular flexibility index (Phi) is 6.53. The van der Waals surface area contributed by atoms with Crippen molar-refractivity contribution >= 4 is 11.8 Å². The number of hydroxylamine groups is 1. The first-order chi connectivity index (χ1) is 5.92.